The zero-order valence-electron chi connectivity index (χ0n) is 19.0. The number of hydrogen-bond acceptors (Lipinski definition) is 4. The summed E-state index contributed by atoms with van der Waals surface area (Å²) in [5, 5.41) is 13.3. The van der Waals surface area contributed by atoms with Gasteiger partial charge >= 0.3 is 0 Å². The molecule has 0 aliphatic rings. The predicted octanol–water partition coefficient (Wildman–Crippen LogP) is 6.23. The molecule has 1 heterocycles. The lowest BCUT2D eigenvalue weighted by molar-refractivity contribution is 0.132. The molecule has 0 amide bonds. The molecule has 3 aromatic carbocycles. The number of aryl methyl sites for hydroxylation is 1. The third kappa shape index (κ3) is 5.33. The summed E-state index contributed by atoms with van der Waals surface area (Å²) < 4.78 is 21.0. The van der Waals surface area contributed by atoms with E-state index >= 15 is 0 Å². The first-order valence-electron chi connectivity index (χ1n) is 10.8. The van der Waals surface area contributed by atoms with Gasteiger partial charge < -0.3 is 14.1 Å². The number of nitrogens with zero attached hydrogens (tertiary/aromatic N) is 3. The number of oxime groups is 1. The predicted molar refractivity (Wildman–Crippen MR) is 130 cm³/mol. The quantitative estimate of drug-likeness (QED) is 0.235. The number of nitriles is 1. The maximum atomic E-state index is 13.0. The minimum Gasteiger partial charge on any atom is -0.489 e. The van der Waals surface area contributed by atoms with E-state index in [2.05, 4.69) is 15.8 Å². The molecule has 0 unspecified atom stereocenters. The summed E-state index contributed by atoms with van der Waals surface area (Å²) >= 11 is 0. The molecule has 0 aliphatic heterocycles. The van der Waals surface area contributed by atoms with Gasteiger partial charge in [0.15, 0.2) is 0 Å². The topological polar surface area (TPSA) is 59.5 Å². The average molecular weight is 454 g/mol. The zero-order valence-corrected chi connectivity index (χ0v) is 19.0. The van der Waals surface area contributed by atoms with Gasteiger partial charge in [-0.05, 0) is 67.9 Å². The lowest BCUT2D eigenvalue weighted by atomic mass is 10.1. The van der Waals surface area contributed by atoms with Crippen molar-refractivity contribution in [2.24, 2.45) is 5.16 Å². The molecule has 5 nitrogen and oxygen atoms in total. The fraction of sp³-hybridized carbons (Fsp3) is 0.143. The molecule has 0 aliphatic carbocycles. The molecule has 0 atom stereocenters. The summed E-state index contributed by atoms with van der Waals surface area (Å²) in [6, 6.07) is 25.6. The summed E-state index contributed by atoms with van der Waals surface area (Å²) in [6.07, 6.45) is 1.69. The molecule has 0 saturated carbocycles. The minimum absolute atomic E-state index is 0.234. The zero-order chi connectivity index (χ0) is 23.9. The van der Waals surface area contributed by atoms with Crippen LogP contribution >= 0.6 is 0 Å². The van der Waals surface area contributed by atoms with Crippen LogP contribution in [0.4, 0.5) is 4.39 Å². The molecule has 4 rings (SSSR count). The highest BCUT2D eigenvalue weighted by Crippen LogP contribution is 2.23. The van der Waals surface area contributed by atoms with Crippen LogP contribution in [0, 0.1) is 31.0 Å². The van der Waals surface area contributed by atoms with E-state index in [1.807, 2.05) is 62.4 Å². The first-order chi connectivity index (χ1) is 16.5. The molecule has 0 spiro atoms. The highest BCUT2D eigenvalue weighted by molar-refractivity contribution is 5.81. The second kappa shape index (κ2) is 10.5. The summed E-state index contributed by atoms with van der Waals surface area (Å²) in [5.41, 5.74) is 6.34. The monoisotopic (exact) mass is 453 g/mol. The van der Waals surface area contributed by atoms with Gasteiger partial charge in [0, 0.05) is 28.2 Å². The van der Waals surface area contributed by atoms with Gasteiger partial charge in [0.2, 0.25) is 0 Å². The molecule has 1 aromatic heterocycles. The Morgan fingerprint density at radius 2 is 1.71 bits per heavy atom. The van der Waals surface area contributed by atoms with Crippen molar-refractivity contribution in [2.45, 2.75) is 27.1 Å². The van der Waals surface area contributed by atoms with E-state index in [1.165, 1.54) is 12.1 Å². The van der Waals surface area contributed by atoms with Crippen LogP contribution in [0.2, 0.25) is 0 Å². The standard InChI is InChI=1S/C28H24FN3O2/c1-20-15-25(17-31-34-19-24-6-4-3-5-23(24)16-30)21(2)32(20)27-11-13-28(14-12-27)33-18-22-7-9-26(29)10-8-22/h3-15,17H,18-19H2,1-2H3/b31-17-. The lowest BCUT2D eigenvalue weighted by Gasteiger charge is -2.11. The molecular weight excluding hydrogens is 429 g/mol. The highest BCUT2D eigenvalue weighted by atomic mass is 19.1. The maximum absolute atomic E-state index is 13.0. The van der Waals surface area contributed by atoms with Gasteiger partial charge in [0.05, 0.1) is 17.8 Å². The smallest absolute Gasteiger partial charge is 0.143 e. The Hall–Kier alpha value is -4.37. The van der Waals surface area contributed by atoms with Crippen molar-refractivity contribution < 1.29 is 14.0 Å². The van der Waals surface area contributed by atoms with E-state index < -0.39 is 0 Å². The third-order valence-electron chi connectivity index (χ3n) is 5.51. The molecule has 0 saturated heterocycles. The second-order valence-corrected chi connectivity index (χ2v) is 7.85. The van der Waals surface area contributed by atoms with Gasteiger partial charge in [-0.25, -0.2) is 4.39 Å². The van der Waals surface area contributed by atoms with Crippen molar-refractivity contribution in [3.63, 3.8) is 0 Å². The van der Waals surface area contributed by atoms with Crippen LogP contribution in [0.25, 0.3) is 5.69 Å². The number of benzene rings is 3. The van der Waals surface area contributed by atoms with Crippen LogP contribution in [-0.4, -0.2) is 10.8 Å². The molecule has 6 heteroatoms. The number of aromatic nitrogens is 1. The largest absolute Gasteiger partial charge is 0.489 e. The van der Waals surface area contributed by atoms with Crippen LogP contribution in [0.1, 0.15) is 33.6 Å². The summed E-state index contributed by atoms with van der Waals surface area (Å²) in [4.78, 5) is 5.43. The molecule has 0 N–H and O–H groups in total. The Labute approximate surface area is 198 Å². The van der Waals surface area contributed by atoms with Crippen molar-refractivity contribution in [1.29, 1.82) is 5.26 Å². The Balaban J connectivity index is 1.40. The van der Waals surface area contributed by atoms with Crippen LogP contribution in [0.3, 0.4) is 0 Å². The maximum Gasteiger partial charge on any atom is 0.143 e. The van der Waals surface area contributed by atoms with Crippen LogP contribution in [0.5, 0.6) is 5.75 Å². The van der Waals surface area contributed by atoms with E-state index in [1.54, 1.807) is 24.4 Å². The number of rotatable bonds is 8. The van der Waals surface area contributed by atoms with Gasteiger partial charge in [0.1, 0.15) is 24.8 Å². The van der Waals surface area contributed by atoms with Crippen LogP contribution in [-0.2, 0) is 18.1 Å². The van der Waals surface area contributed by atoms with Gasteiger partial charge in [-0.3, -0.25) is 0 Å². The molecule has 0 bridgehead atoms. The molecule has 34 heavy (non-hydrogen) atoms. The highest BCUT2D eigenvalue weighted by Gasteiger charge is 2.10. The molecule has 0 fully saturated rings. The van der Waals surface area contributed by atoms with Crippen molar-refractivity contribution >= 4 is 6.21 Å². The molecular formula is C28H24FN3O2. The van der Waals surface area contributed by atoms with Crippen LogP contribution in [0.15, 0.2) is 84.0 Å². The molecule has 4 aromatic rings. The third-order valence-corrected chi connectivity index (χ3v) is 5.51. The van der Waals surface area contributed by atoms with Gasteiger partial charge in [-0.15, -0.1) is 0 Å². The van der Waals surface area contributed by atoms with Crippen molar-refractivity contribution in [3.8, 4) is 17.5 Å². The summed E-state index contributed by atoms with van der Waals surface area (Å²) in [5.74, 6) is 0.481. The molecule has 0 radical (unpaired) electrons. The first-order valence-corrected chi connectivity index (χ1v) is 10.8. The number of halogens is 1. The minimum atomic E-state index is -0.258. The Kier molecular flexibility index (Phi) is 7.04. The van der Waals surface area contributed by atoms with Crippen molar-refractivity contribution in [1.82, 2.24) is 4.57 Å². The SMILES string of the molecule is Cc1cc(/C=N\OCc2ccccc2C#N)c(C)n1-c1ccc(OCc2ccc(F)cc2)cc1. The second-order valence-electron chi connectivity index (χ2n) is 7.85. The number of hydrogen-bond donors (Lipinski definition) is 0. The summed E-state index contributed by atoms with van der Waals surface area (Å²) in [7, 11) is 0. The molecule has 170 valence electrons. The van der Waals surface area contributed by atoms with Crippen molar-refractivity contribution in [3.05, 3.63) is 118 Å². The van der Waals surface area contributed by atoms with Gasteiger partial charge in [0.25, 0.3) is 0 Å². The van der Waals surface area contributed by atoms with Crippen LogP contribution < -0.4 is 4.74 Å². The average Bonchev–Trinajstić information content (AvgIpc) is 3.14. The fourth-order valence-corrected chi connectivity index (χ4v) is 3.71. The van der Waals surface area contributed by atoms with Crippen molar-refractivity contribution in [2.75, 3.05) is 0 Å². The first kappa shape index (κ1) is 22.8. The number of ether oxygens (including phenoxy) is 1. The van der Waals surface area contributed by atoms with Gasteiger partial charge in [-0.1, -0.05) is 35.5 Å². The normalized spacial score (nSPS) is 10.9. The Morgan fingerprint density at radius 3 is 2.44 bits per heavy atom. The van der Waals surface area contributed by atoms with E-state index in [-0.39, 0.29) is 12.4 Å². The van der Waals surface area contributed by atoms with Gasteiger partial charge in [-0.2, -0.15) is 5.26 Å². The Morgan fingerprint density at radius 1 is 0.971 bits per heavy atom. The van der Waals surface area contributed by atoms with E-state index in [4.69, 9.17) is 9.57 Å². The van der Waals surface area contributed by atoms with E-state index in [0.717, 1.165) is 39.5 Å². The van der Waals surface area contributed by atoms with E-state index in [0.29, 0.717) is 12.2 Å². The summed E-state index contributed by atoms with van der Waals surface area (Å²) in [6.45, 7) is 4.67. The fourth-order valence-electron chi connectivity index (χ4n) is 3.71. The van der Waals surface area contributed by atoms with E-state index in [9.17, 15) is 9.65 Å². The Bertz CT molecular complexity index is 1330. The lowest BCUT2D eigenvalue weighted by Crippen LogP contribution is -2.00.